The highest BCUT2D eigenvalue weighted by Crippen LogP contribution is 2.04. The quantitative estimate of drug-likeness (QED) is 0.466. The van der Waals surface area contributed by atoms with Crippen LogP contribution in [0.2, 0.25) is 0 Å². The summed E-state index contributed by atoms with van der Waals surface area (Å²) in [5, 5.41) is 0. The summed E-state index contributed by atoms with van der Waals surface area (Å²) in [5.41, 5.74) is 0. The fourth-order valence-corrected chi connectivity index (χ4v) is 0.696. The molecule has 0 saturated carbocycles. The Balaban J connectivity index is 2.19. The van der Waals surface area contributed by atoms with E-state index >= 15 is 0 Å². The molecule has 1 aliphatic rings. The lowest BCUT2D eigenvalue weighted by Crippen LogP contribution is -2.31. The molecule has 2 atom stereocenters. The Labute approximate surface area is 49.8 Å². The van der Waals surface area contributed by atoms with E-state index in [1.54, 1.807) is 0 Å². The molecule has 0 aromatic heterocycles. The summed E-state index contributed by atoms with van der Waals surface area (Å²) in [7, 11) is 0. The van der Waals surface area contributed by atoms with Gasteiger partial charge in [-0.05, 0) is 13.8 Å². The van der Waals surface area contributed by atoms with Crippen LogP contribution in [-0.4, -0.2) is 25.4 Å². The molecule has 8 heavy (non-hydrogen) atoms. The SMILES string of the molecule is C[C@@H]1CO[C@@H](C)CO1. The minimum atomic E-state index is 0.297. The van der Waals surface area contributed by atoms with Gasteiger partial charge in [-0.15, -0.1) is 0 Å². The first-order valence-electron chi connectivity index (χ1n) is 3.02. The Bertz CT molecular complexity index is 54.9. The van der Waals surface area contributed by atoms with Crippen LogP contribution in [0.5, 0.6) is 0 Å². The molecule has 0 spiro atoms. The first-order chi connectivity index (χ1) is 3.79. The third-order valence-electron chi connectivity index (χ3n) is 1.23. The third kappa shape index (κ3) is 1.46. The van der Waals surface area contributed by atoms with E-state index in [1.807, 2.05) is 13.8 Å². The van der Waals surface area contributed by atoms with Gasteiger partial charge >= 0.3 is 0 Å². The van der Waals surface area contributed by atoms with E-state index < -0.39 is 0 Å². The van der Waals surface area contributed by atoms with Crippen molar-refractivity contribution < 1.29 is 9.47 Å². The normalized spacial score (nSPS) is 39.8. The maximum atomic E-state index is 5.27. The van der Waals surface area contributed by atoms with Crippen molar-refractivity contribution >= 4 is 0 Å². The minimum absolute atomic E-state index is 0.297. The second-order valence-corrected chi connectivity index (χ2v) is 2.29. The fourth-order valence-electron chi connectivity index (χ4n) is 0.696. The van der Waals surface area contributed by atoms with Gasteiger partial charge in [0.1, 0.15) is 0 Å². The van der Waals surface area contributed by atoms with Crippen molar-refractivity contribution in [3.63, 3.8) is 0 Å². The first-order valence-corrected chi connectivity index (χ1v) is 3.02. The molecule has 0 N–H and O–H groups in total. The van der Waals surface area contributed by atoms with Crippen LogP contribution in [0.15, 0.2) is 0 Å². The number of ether oxygens (including phenoxy) is 2. The van der Waals surface area contributed by atoms with Crippen molar-refractivity contribution in [3.05, 3.63) is 0 Å². The Kier molecular flexibility index (Phi) is 1.86. The second-order valence-electron chi connectivity index (χ2n) is 2.29. The van der Waals surface area contributed by atoms with Gasteiger partial charge in [-0.1, -0.05) is 0 Å². The number of hydrogen-bond donors (Lipinski definition) is 0. The molecule has 1 rings (SSSR count). The van der Waals surface area contributed by atoms with E-state index in [-0.39, 0.29) is 0 Å². The summed E-state index contributed by atoms with van der Waals surface area (Å²) in [6.45, 7) is 5.54. The van der Waals surface area contributed by atoms with Crippen LogP contribution in [0.25, 0.3) is 0 Å². The summed E-state index contributed by atoms with van der Waals surface area (Å²) in [4.78, 5) is 0. The van der Waals surface area contributed by atoms with Gasteiger partial charge in [-0.3, -0.25) is 0 Å². The van der Waals surface area contributed by atoms with Gasteiger partial charge < -0.3 is 9.47 Å². The molecule has 1 heterocycles. The van der Waals surface area contributed by atoms with Gasteiger partial charge in [0.2, 0.25) is 0 Å². The Morgan fingerprint density at radius 3 is 1.62 bits per heavy atom. The minimum Gasteiger partial charge on any atom is -0.373 e. The largest absolute Gasteiger partial charge is 0.373 e. The lowest BCUT2D eigenvalue weighted by molar-refractivity contribution is -0.119. The van der Waals surface area contributed by atoms with Crippen LogP contribution >= 0.6 is 0 Å². The van der Waals surface area contributed by atoms with Crippen molar-refractivity contribution in [1.29, 1.82) is 0 Å². The highest BCUT2D eigenvalue weighted by atomic mass is 16.6. The molecule has 1 aliphatic heterocycles. The van der Waals surface area contributed by atoms with Gasteiger partial charge in [0.15, 0.2) is 0 Å². The predicted octanol–water partition coefficient (Wildman–Crippen LogP) is 0.810. The standard InChI is InChI=1S/C6H12O2/c1-5-3-8-6(2)4-7-5/h5-6H,3-4H2,1-2H3/t5-,6+. The lowest BCUT2D eigenvalue weighted by Gasteiger charge is -2.24. The van der Waals surface area contributed by atoms with Crippen molar-refractivity contribution in [3.8, 4) is 0 Å². The molecule has 2 nitrogen and oxygen atoms in total. The molecule has 1 saturated heterocycles. The van der Waals surface area contributed by atoms with Crippen LogP contribution in [0.4, 0.5) is 0 Å². The Morgan fingerprint density at radius 1 is 1.00 bits per heavy atom. The molecule has 0 aromatic carbocycles. The molecule has 1 fully saturated rings. The van der Waals surface area contributed by atoms with Crippen LogP contribution in [0.3, 0.4) is 0 Å². The summed E-state index contributed by atoms with van der Waals surface area (Å²) in [5.74, 6) is 0. The van der Waals surface area contributed by atoms with Gasteiger partial charge in [0.25, 0.3) is 0 Å². The van der Waals surface area contributed by atoms with Gasteiger partial charge in [-0.25, -0.2) is 0 Å². The molecule has 2 heteroatoms. The second kappa shape index (κ2) is 2.46. The highest BCUT2D eigenvalue weighted by Gasteiger charge is 2.13. The van der Waals surface area contributed by atoms with E-state index in [0.717, 1.165) is 13.2 Å². The van der Waals surface area contributed by atoms with Crippen molar-refractivity contribution in [2.24, 2.45) is 0 Å². The molecule has 0 aliphatic carbocycles. The predicted molar refractivity (Wildman–Crippen MR) is 30.8 cm³/mol. The average molecular weight is 116 g/mol. The molecule has 0 amide bonds. The zero-order valence-electron chi connectivity index (χ0n) is 5.39. The van der Waals surface area contributed by atoms with Crippen LogP contribution < -0.4 is 0 Å². The lowest BCUT2D eigenvalue weighted by atomic mass is 10.3. The highest BCUT2D eigenvalue weighted by molar-refractivity contribution is 4.58. The molecule has 0 unspecified atom stereocenters. The maximum Gasteiger partial charge on any atom is 0.0781 e. The maximum absolute atomic E-state index is 5.27. The van der Waals surface area contributed by atoms with Gasteiger partial charge in [-0.2, -0.15) is 0 Å². The van der Waals surface area contributed by atoms with Crippen LogP contribution in [0, 0.1) is 0 Å². The Hall–Kier alpha value is -0.0800. The zero-order chi connectivity index (χ0) is 5.98. The number of rotatable bonds is 0. The Morgan fingerprint density at radius 2 is 1.38 bits per heavy atom. The van der Waals surface area contributed by atoms with E-state index in [2.05, 4.69) is 0 Å². The molecular weight excluding hydrogens is 104 g/mol. The third-order valence-corrected chi connectivity index (χ3v) is 1.23. The average Bonchev–Trinajstić information content (AvgIpc) is 1.77. The molecule has 0 bridgehead atoms. The summed E-state index contributed by atoms with van der Waals surface area (Å²) < 4.78 is 10.5. The van der Waals surface area contributed by atoms with Crippen molar-refractivity contribution in [1.82, 2.24) is 0 Å². The van der Waals surface area contributed by atoms with Crippen LogP contribution in [0.1, 0.15) is 13.8 Å². The first kappa shape index (κ1) is 6.05. The summed E-state index contributed by atoms with van der Waals surface area (Å²) in [6.07, 6.45) is 0.595. The van der Waals surface area contributed by atoms with Gasteiger partial charge in [0, 0.05) is 0 Å². The van der Waals surface area contributed by atoms with E-state index in [0.29, 0.717) is 12.2 Å². The van der Waals surface area contributed by atoms with Crippen LogP contribution in [-0.2, 0) is 9.47 Å². The molecular formula is C6H12O2. The topological polar surface area (TPSA) is 18.5 Å². The smallest absolute Gasteiger partial charge is 0.0781 e. The molecule has 48 valence electrons. The number of hydrogen-bond acceptors (Lipinski definition) is 2. The monoisotopic (exact) mass is 116 g/mol. The van der Waals surface area contributed by atoms with Crippen molar-refractivity contribution in [2.75, 3.05) is 13.2 Å². The summed E-state index contributed by atoms with van der Waals surface area (Å²) in [6, 6.07) is 0. The molecule has 0 aromatic rings. The molecule has 0 radical (unpaired) electrons. The van der Waals surface area contributed by atoms with E-state index in [9.17, 15) is 0 Å². The fraction of sp³-hybridized carbons (Fsp3) is 1.00. The van der Waals surface area contributed by atoms with Gasteiger partial charge in [0.05, 0.1) is 25.4 Å². The van der Waals surface area contributed by atoms with E-state index in [4.69, 9.17) is 9.47 Å². The van der Waals surface area contributed by atoms with E-state index in [1.165, 1.54) is 0 Å². The zero-order valence-corrected chi connectivity index (χ0v) is 5.39. The summed E-state index contributed by atoms with van der Waals surface area (Å²) >= 11 is 0. The van der Waals surface area contributed by atoms with Crippen molar-refractivity contribution in [2.45, 2.75) is 26.1 Å².